The predicted molar refractivity (Wildman–Crippen MR) is 75.7 cm³/mol. The monoisotopic (exact) mass is 234 g/mol. The maximum atomic E-state index is 2.35. The van der Waals surface area contributed by atoms with Crippen molar-refractivity contribution >= 4 is 0 Å². The number of hydrogen-bond acceptors (Lipinski definition) is 0. The van der Waals surface area contributed by atoms with Gasteiger partial charge in [0.25, 0.3) is 0 Å². The van der Waals surface area contributed by atoms with Gasteiger partial charge < -0.3 is 0 Å². The molecular formula is C18H18. The Bertz CT molecular complexity index is 531. The molecule has 1 saturated carbocycles. The zero-order valence-electron chi connectivity index (χ0n) is 10.6. The van der Waals surface area contributed by atoms with Gasteiger partial charge in [-0.1, -0.05) is 61.4 Å². The second kappa shape index (κ2) is 3.98. The lowest BCUT2D eigenvalue weighted by atomic mass is 9.83. The summed E-state index contributed by atoms with van der Waals surface area (Å²) in [4.78, 5) is 0. The first-order valence-corrected chi connectivity index (χ1v) is 7.13. The Balaban J connectivity index is 1.92. The van der Waals surface area contributed by atoms with Crippen molar-refractivity contribution in [2.24, 2.45) is 5.92 Å². The van der Waals surface area contributed by atoms with E-state index in [1.807, 2.05) is 0 Å². The van der Waals surface area contributed by atoms with E-state index >= 15 is 0 Å². The van der Waals surface area contributed by atoms with E-state index in [1.165, 1.54) is 36.8 Å². The highest BCUT2D eigenvalue weighted by molar-refractivity contribution is 5.78. The molecule has 0 heteroatoms. The van der Waals surface area contributed by atoms with Crippen molar-refractivity contribution < 1.29 is 0 Å². The van der Waals surface area contributed by atoms with Gasteiger partial charge in [-0.2, -0.15) is 0 Å². The molecule has 0 N–H and O–H groups in total. The van der Waals surface area contributed by atoms with Crippen LogP contribution in [0.2, 0.25) is 0 Å². The van der Waals surface area contributed by atoms with Crippen molar-refractivity contribution in [3.8, 4) is 11.1 Å². The van der Waals surface area contributed by atoms with Crippen molar-refractivity contribution in [2.75, 3.05) is 0 Å². The van der Waals surface area contributed by atoms with Crippen LogP contribution in [-0.4, -0.2) is 0 Å². The number of fused-ring (bicyclic) bond motifs is 3. The van der Waals surface area contributed by atoms with Gasteiger partial charge in [0.1, 0.15) is 0 Å². The highest BCUT2D eigenvalue weighted by atomic mass is 14.4. The summed E-state index contributed by atoms with van der Waals surface area (Å²) in [7, 11) is 0. The summed E-state index contributed by atoms with van der Waals surface area (Å²) in [6.07, 6.45) is 5.66. The van der Waals surface area contributed by atoms with Crippen molar-refractivity contribution in [1.29, 1.82) is 0 Å². The maximum Gasteiger partial charge on any atom is 0.0130 e. The molecule has 90 valence electrons. The number of hydrogen-bond donors (Lipinski definition) is 0. The molecule has 1 fully saturated rings. The molecule has 0 unspecified atom stereocenters. The largest absolute Gasteiger partial charge is 0.0619 e. The van der Waals surface area contributed by atoms with Gasteiger partial charge in [-0.3, -0.25) is 0 Å². The third-order valence-corrected chi connectivity index (χ3v) is 4.75. The molecule has 0 spiro atoms. The van der Waals surface area contributed by atoms with Crippen LogP contribution in [0.25, 0.3) is 11.1 Å². The Morgan fingerprint density at radius 2 is 1.17 bits per heavy atom. The third kappa shape index (κ3) is 1.38. The molecule has 2 aromatic rings. The molecule has 18 heavy (non-hydrogen) atoms. The molecule has 2 aromatic carbocycles. The summed E-state index contributed by atoms with van der Waals surface area (Å²) in [5.41, 5.74) is 6.10. The molecule has 2 aliphatic rings. The predicted octanol–water partition coefficient (Wildman–Crippen LogP) is 4.99. The topological polar surface area (TPSA) is 0 Å². The van der Waals surface area contributed by atoms with Crippen molar-refractivity contribution in [1.82, 2.24) is 0 Å². The van der Waals surface area contributed by atoms with E-state index in [9.17, 15) is 0 Å². The molecule has 0 heterocycles. The number of benzene rings is 2. The van der Waals surface area contributed by atoms with E-state index in [0.717, 1.165) is 5.92 Å². The molecule has 0 nitrogen and oxygen atoms in total. The van der Waals surface area contributed by atoms with Gasteiger partial charge >= 0.3 is 0 Å². The minimum absolute atomic E-state index is 0.667. The standard InChI is InChI=1S/C18H18/c1-2-8-13(7-1)18-16-11-5-3-9-14(16)15-10-4-6-12-17(15)18/h3-6,9-13,18H,1-2,7-8H2. The molecule has 0 aliphatic heterocycles. The van der Waals surface area contributed by atoms with Gasteiger partial charge in [-0.15, -0.1) is 0 Å². The van der Waals surface area contributed by atoms with Crippen LogP contribution < -0.4 is 0 Å². The molecule has 0 aromatic heterocycles. The lowest BCUT2D eigenvalue weighted by Gasteiger charge is -2.20. The van der Waals surface area contributed by atoms with Crippen LogP contribution in [-0.2, 0) is 0 Å². The fourth-order valence-corrected chi connectivity index (χ4v) is 3.99. The SMILES string of the molecule is c1ccc2c(c1)-c1ccccc1C2C1CCCC1. The van der Waals surface area contributed by atoms with Gasteiger partial charge in [0.2, 0.25) is 0 Å². The maximum absolute atomic E-state index is 2.35. The quantitative estimate of drug-likeness (QED) is 0.652. The Morgan fingerprint density at radius 1 is 0.667 bits per heavy atom. The van der Waals surface area contributed by atoms with Crippen LogP contribution in [0.4, 0.5) is 0 Å². The van der Waals surface area contributed by atoms with E-state index in [2.05, 4.69) is 48.5 Å². The van der Waals surface area contributed by atoms with Gasteiger partial charge in [0.15, 0.2) is 0 Å². The average Bonchev–Trinajstić information content (AvgIpc) is 3.03. The Labute approximate surface area is 109 Å². The zero-order valence-corrected chi connectivity index (χ0v) is 10.6. The second-order valence-corrected chi connectivity index (χ2v) is 5.70. The summed E-state index contributed by atoms with van der Waals surface area (Å²) in [5.74, 6) is 1.54. The highest BCUT2D eigenvalue weighted by Crippen LogP contribution is 2.51. The highest BCUT2D eigenvalue weighted by Gasteiger charge is 2.34. The first kappa shape index (κ1) is 10.4. The third-order valence-electron chi connectivity index (χ3n) is 4.75. The lowest BCUT2D eigenvalue weighted by Crippen LogP contribution is -2.08. The van der Waals surface area contributed by atoms with Crippen molar-refractivity contribution in [3.05, 3.63) is 59.7 Å². The molecule has 4 rings (SSSR count). The Morgan fingerprint density at radius 3 is 1.72 bits per heavy atom. The first-order valence-electron chi connectivity index (χ1n) is 7.13. The Hall–Kier alpha value is -1.56. The van der Waals surface area contributed by atoms with Gasteiger partial charge in [-0.05, 0) is 41.0 Å². The van der Waals surface area contributed by atoms with Crippen molar-refractivity contribution in [2.45, 2.75) is 31.6 Å². The normalized spacial score (nSPS) is 18.9. The summed E-state index contributed by atoms with van der Waals surface area (Å²) in [5, 5.41) is 0. The summed E-state index contributed by atoms with van der Waals surface area (Å²) in [6.45, 7) is 0. The van der Waals surface area contributed by atoms with Crippen LogP contribution in [0.3, 0.4) is 0 Å². The van der Waals surface area contributed by atoms with E-state index < -0.39 is 0 Å². The van der Waals surface area contributed by atoms with E-state index in [0.29, 0.717) is 5.92 Å². The molecule has 0 atom stereocenters. The fourth-order valence-electron chi connectivity index (χ4n) is 3.99. The van der Waals surface area contributed by atoms with E-state index in [1.54, 1.807) is 11.1 Å². The van der Waals surface area contributed by atoms with Crippen LogP contribution in [0.15, 0.2) is 48.5 Å². The van der Waals surface area contributed by atoms with Crippen LogP contribution in [0.1, 0.15) is 42.7 Å². The molecule has 0 saturated heterocycles. The van der Waals surface area contributed by atoms with Gasteiger partial charge in [-0.25, -0.2) is 0 Å². The minimum Gasteiger partial charge on any atom is -0.0619 e. The smallest absolute Gasteiger partial charge is 0.0130 e. The summed E-state index contributed by atoms with van der Waals surface area (Å²) < 4.78 is 0. The second-order valence-electron chi connectivity index (χ2n) is 5.70. The minimum atomic E-state index is 0.667. The molecule has 0 bridgehead atoms. The Kier molecular flexibility index (Phi) is 2.29. The first-order chi connectivity index (χ1) is 8.95. The van der Waals surface area contributed by atoms with Crippen LogP contribution in [0, 0.1) is 5.92 Å². The lowest BCUT2D eigenvalue weighted by molar-refractivity contribution is 0.490. The molecular weight excluding hydrogens is 216 g/mol. The van der Waals surface area contributed by atoms with Crippen molar-refractivity contribution in [3.63, 3.8) is 0 Å². The van der Waals surface area contributed by atoms with Gasteiger partial charge in [0, 0.05) is 5.92 Å². The summed E-state index contributed by atoms with van der Waals surface area (Å²) in [6, 6.07) is 18.0. The summed E-state index contributed by atoms with van der Waals surface area (Å²) >= 11 is 0. The fraction of sp³-hybridized carbons (Fsp3) is 0.333. The van der Waals surface area contributed by atoms with E-state index in [-0.39, 0.29) is 0 Å². The number of rotatable bonds is 1. The van der Waals surface area contributed by atoms with Gasteiger partial charge in [0.05, 0.1) is 0 Å². The average molecular weight is 234 g/mol. The van der Waals surface area contributed by atoms with Crippen LogP contribution in [0.5, 0.6) is 0 Å². The molecule has 0 radical (unpaired) electrons. The van der Waals surface area contributed by atoms with E-state index in [4.69, 9.17) is 0 Å². The molecule has 2 aliphatic carbocycles. The molecule has 0 amide bonds. The zero-order chi connectivity index (χ0) is 11.9. The van der Waals surface area contributed by atoms with Crippen LogP contribution >= 0.6 is 0 Å².